The highest BCUT2D eigenvalue weighted by molar-refractivity contribution is 5.56. The Morgan fingerprint density at radius 2 is 1.87 bits per heavy atom. The Morgan fingerprint density at radius 3 is 2.40 bits per heavy atom. The number of hydrogen-bond donors (Lipinski definition) is 0. The molecule has 0 aliphatic heterocycles. The molecule has 0 aromatic heterocycles. The van der Waals surface area contributed by atoms with E-state index >= 15 is 0 Å². The lowest BCUT2D eigenvalue weighted by Crippen LogP contribution is -2.22. The molecule has 0 radical (unpaired) electrons. The van der Waals surface area contributed by atoms with E-state index in [1.165, 1.54) is 5.56 Å². The van der Waals surface area contributed by atoms with E-state index in [2.05, 4.69) is 39.0 Å². The second-order valence-corrected chi connectivity index (χ2v) is 4.78. The number of hydrogen-bond acceptors (Lipinski definition) is 2. The van der Waals surface area contributed by atoms with Crippen molar-refractivity contribution in [2.24, 2.45) is 0 Å². The van der Waals surface area contributed by atoms with Crippen LogP contribution in [-0.2, 0) is 5.41 Å². The first-order valence-corrected chi connectivity index (χ1v) is 5.14. The lowest BCUT2D eigenvalue weighted by atomic mass is 9.85. The third-order valence-electron chi connectivity index (χ3n) is 2.43. The summed E-state index contributed by atoms with van der Waals surface area (Å²) in [6.07, 6.45) is 0. The van der Waals surface area contributed by atoms with Crippen LogP contribution in [0.25, 0.3) is 0 Å². The molecule has 2 nitrogen and oxygen atoms in total. The number of benzene rings is 1. The molecule has 1 aromatic carbocycles. The second kappa shape index (κ2) is 4.35. The van der Waals surface area contributed by atoms with Crippen molar-refractivity contribution in [1.29, 1.82) is 5.26 Å². The monoisotopic (exact) mass is 202 g/mol. The van der Waals surface area contributed by atoms with E-state index in [0.717, 1.165) is 5.69 Å². The zero-order chi connectivity index (χ0) is 11.5. The summed E-state index contributed by atoms with van der Waals surface area (Å²) < 4.78 is 0. The summed E-state index contributed by atoms with van der Waals surface area (Å²) in [4.78, 5) is 1.99. The molecule has 0 fully saturated rings. The van der Waals surface area contributed by atoms with Crippen LogP contribution in [0, 0.1) is 11.3 Å². The van der Waals surface area contributed by atoms with E-state index in [9.17, 15) is 0 Å². The maximum atomic E-state index is 8.70. The van der Waals surface area contributed by atoms with E-state index in [1.807, 2.05) is 24.1 Å². The summed E-state index contributed by atoms with van der Waals surface area (Å²) in [5.41, 5.74) is 2.54. The molecule has 1 aromatic rings. The first-order chi connectivity index (χ1) is 6.96. The van der Waals surface area contributed by atoms with Crippen molar-refractivity contribution in [2.45, 2.75) is 26.2 Å². The van der Waals surface area contributed by atoms with E-state index < -0.39 is 0 Å². The lowest BCUT2D eigenvalue weighted by Gasteiger charge is -2.27. The average Bonchev–Trinajstić information content (AvgIpc) is 2.17. The predicted octanol–water partition coefficient (Wildman–Crippen LogP) is 2.94. The normalized spacial score (nSPS) is 10.9. The van der Waals surface area contributed by atoms with Crippen molar-refractivity contribution in [2.75, 3.05) is 18.5 Å². The van der Waals surface area contributed by atoms with Crippen LogP contribution in [0.1, 0.15) is 26.3 Å². The molecule has 0 unspecified atom stereocenters. The Bertz CT molecular complexity index is 369. The van der Waals surface area contributed by atoms with Gasteiger partial charge in [0.25, 0.3) is 0 Å². The van der Waals surface area contributed by atoms with Crippen molar-refractivity contribution in [1.82, 2.24) is 0 Å². The van der Waals surface area contributed by atoms with Crippen molar-refractivity contribution >= 4 is 5.69 Å². The SMILES string of the molecule is CN(CC#N)c1ccccc1C(C)(C)C. The van der Waals surface area contributed by atoms with Gasteiger partial charge in [-0.25, -0.2) is 0 Å². The maximum Gasteiger partial charge on any atom is 0.105 e. The van der Waals surface area contributed by atoms with Crippen LogP contribution in [0.15, 0.2) is 24.3 Å². The van der Waals surface area contributed by atoms with Gasteiger partial charge in [0.2, 0.25) is 0 Å². The van der Waals surface area contributed by atoms with Gasteiger partial charge in [0.15, 0.2) is 0 Å². The molecule has 0 amide bonds. The van der Waals surface area contributed by atoms with Gasteiger partial charge in [-0.2, -0.15) is 5.26 Å². The Balaban J connectivity index is 3.13. The summed E-state index contributed by atoms with van der Waals surface area (Å²) in [6.45, 7) is 6.98. The molecule has 80 valence electrons. The van der Waals surface area contributed by atoms with E-state index in [0.29, 0.717) is 6.54 Å². The van der Waals surface area contributed by atoms with E-state index in [1.54, 1.807) is 0 Å². The molecular weight excluding hydrogens is 184 g/mol. The van der Waals surface area contributed by atoms with Gasteiger partial charge in [0.05, 0.1) is 6.07 Å². The van der Waals surface area contributed by atoms with Crippen molar-refractivity contribution < 1.29 is 0 Å². The van der Waals surface area contributed by atoms with Gasteiger partial charge >= 0.3 is 0 Å². The highest BCUT2D eigenvalue weighted by Crippen LogP contribution is 2.30. The van der Waals surface area contributed by atoms with Gasteiger partial charge in [-0.3, -0.25) is 0 Å². The van der Waals surface area contributed by atoms with Gasteiger partial charge in [-0.1, -0.05) is 39.0 Å². The van der Waals surface area contributed by atoms with Gasteiger partial charge in [-0.05, 0) is 17.0 Å². The maximum absolute atomic E-state index is 8.70. The quantitative estimate of drug-likeness (QED) is 0.689. The molecular formula is C13H18N2. The largest absolute Gasteiger partial charge is 0.361 e. The highest BCUT2D eigenvalue weighted by Gasteiger charge is 2.18. The number of para-hydroxylation sites is 1. The van der Waals surface area contributed by atoms with E-state index in [4.69, 9.17) is 5.26 Å². The van der Waals surface area contributed by atoms with E-state index in [-0.39, 0.29) is 5.41 Å². The minimum absolute atomic E-state index is 0.111. The topological polar surface area (TPSA) is 27.0 Å². The average molecular weight is 202 g/mol. The van der Waals surface area contributed by atoms with Crippen LogP contribution >= 0.6 is 0 Å². The molecule has 0 heterocycles. The molecule has 0 atom stereocenters. The summed E-state index contributed by atoms with van der Waals surface area (Å²) >= 11 is 0. The molecule has 0 aliphatic carbocycles. The Morgan fingerprint density at radius 1 is 1.27 bits per heavy atom. The first kappa shape index (κ1) is 11.6. The van der Waals surface area contributed by atoms with Crippen LogP contribution in [0.2, 0.25) is 0 Å². The first-order valence-electron chi connectivity index (χ1n) is 5.14. The number of rotatable bonds is 2. The van der Waals surface area contributed by atoms with Gasteiger partial charge in [-0.15, -0.1) is 0 Å². The molecule has 0 N–H and O–H groups in total. The molecule has 0 spiro atoms. The van der Waals surface area contributed by atoms with Crippen LogP contribution in [0.3, 0.4) is 0 Å². The minimum atomic E-state index is 0.111. The molecule has 2 heteroatoms. The molecule has 0 aliphatic rings. The van der Waals surface area contributed by atoms with Gasteiger partial charge in [0.1, 0.15) is 6.54 Å². The van der Waals surface area contributed by atoms with Crippen LogP contribution in [0.5, 0.6) is 0 Å². The van der Waals surface area contributed by atoms with Gasteiger partial charge in [0, 0.05) is 12.7 Å². The zero-order valence-electron chi connectivity index (χ0n) is 9.91. The third kappa shape index (κ3) is 2.73. The predicted molar refractivity (Wildman–Crippen MR) is 64.0 cm³/mol. The number of nitrogens with zero attached hydrogens (tertiary/aromatic N) is 2. The molecule has 0 saturated carbocycles. The zero-order valence-corrected chi connectivity index (χ0v) is 9.91. The van der Waals surface area contributed by atoms with Crippen LogP contribution in [0.4, 0.5) is 5.69 Å². The van der Waals surface area contributed by atoms with Crippen LogP contribution in [-0.4, -0.2) is 13.6 Å². The Kier molecular flexibility index (Phi) is 3.36. The fourth-order valence-corrected chi connectivity index (χ4v) is 1.63. The number of nitriles is 1. The fraction of sp³-hybridized carbons (Fsp3) is 0.462. The number of anilines is 1. The second-order valence-electron chi connectivity index (χ2n) is 4.78. The van der Waals surface area contributed by atoms with Crippen molar-refractivity contribution in [3.8, 4) is 6.07 Å². The smallest absolute Gasteiger partial charge is 0.105 e. The molecule has 15 heavy (non-hydrogen) atoms. The fourth-order valence-electron chi connectivity index (χ4n) is 1.63. The molecule has 1 rings (SSSR count). The summed E-state index contributed by atoms with van der Waals surface area (Å²) in [5, 5.41) is 8.70. The summed E-state index contributed by atoms with van der Waals surface area (Å²) in [6, 6.07) is 10.4. The molecule has 0 bridgehead atoms. The highest BCUT2D eigenvalue weighted by atomic mass is 15.1. The molecule has 0 saturated heterocycles. The van der Waals surface area contributed by atoms with Crippen molar-refractivity contribution in [3.05, 3.63) is 29.8 Å². The lowest BCUT2D eigenvalue weighted by molar-refractivity contribution is 0.589. The Labute approximate surface area is 92.1 Å². The summed E-state index contributed by atoms with van der Waals surface area (Å²) in [5.74, 6) is 0. The Hall–Kier alpha value is -1.49. The van der Waals surface area contributed by atoms with Crippen LogP contribution < -0.4 is 4.90 Å². The summed E-state index contributed by atoms with van der Waals surface area (Å²) in [7, 11) is 1.95. The minimum Gasteiger partial charge on any atom is -0.361 e. The standard InChI is InChI=1S/C13H18N2/c1-13(2,3)11-7-5-6-8-12(11)15(4)10-9-14/h5-8H,10H2,1-4H3. The third-order valence-corrected chi connectivity index (χ3v) is 2.43. The van der Waals surface area contributed by atoms with Gasteiger partial charge < -0.3 is 4.90 Å². The van der Waals surface area contributed by atoms with Crippen molar-refractivity contribution in [3.63, 3.8) is 0 Å².